The highest BCUT2D eigenvalue weighted by molar-refractivity contribution is 6.13. The van der Waals surface area contributed by atoms with Gasteiger partial charge in [-0.05, 0) is 98.6 Å². The maximum atomic E-state index is 11.5. The van der Waals surface area contributed by atoms with Crippen LogP contribution >= 0.6 is 0 Å². The summed E-state index contributed by atoms with van der Waals surface area (Å²) >= 11 is 0. The molecular weight excluding hydrogens is 801 g/mol. The van der Waals surface area contributed by atoms with Gasteiger partial charge in [0.1, 0.15) is 6.07 Å². The summed E-state index contributed by atoms with van der Waals surface area (Å²) < 4.78 is 4.60. The molecule has 4 heteroatoms. The Bertz CT molecular complexity index is 3730. The number of hydrogen-bond acceptors (Lipinski definition) is 2. The van der Waals surface area contributed by atoms with Crippen molar-refractivity contribution in [1.29, 1.82) is 10.5 Å². The summed E-state index contributed by atoms with van der Waals surface area (Å²) in [4.78, 5) is 0. The van der Waals surface area contributed by atoms with E-state index < -0.39 is 0 Å². The summed E-state index contributed by atoms with van der Waals surface area (Å²) in [6, 6.07) is 85.6. The molecule has 2 aromatic heterocycles. The van der Waals surface area contributed by atoms with Gasteiger partial charge in [-0.15, -0.1) is 0 Å². The molecule has 12 rings (SSSR count). The predicted octanol–water partition coefficient (Wildman–Crippen LogP) is 16.0. The number of fused-ring (bicyclic) bond motifs is 6. The van der Waals surface area contributed by atoms with E-state index in [1.54, 1.807) is 0 Å². The zero-order valence-corrected chi connectivity index (χ0v) is 35.7. The highest BCUT2D eigenvalue weighted by Crippen LogP contribution is 2.44. The van der Waals surface area contributed by atoms with Crippen LogP contribution in [0.3, 0.4) is 0 Å². The summed E-state index contributed by atoms with van der Waals surface area (Å²) in [5.41, 5.74) is 17.3. The molecule has 0 aliphatic heterocycles. The molecule has 0 atom stereocenters. The van der Waals surface area contributed by atoms with Crippen molar-refractivity contribution in [3.63, 3.8) is 0 Å². The van der Waals surface area contributed by atoms with Gasteiger partial charge < -0.3 is 9.13 Å². The Morgan fingerprint density at radius 3 is 1.00 bits per heavy atom. The van der Waals surface area contributed by atoms with Crippen LogP contribution in [0.4, 0.5) is 0 Å². The van der Waals surface area contributed by atoms with Crippen LogP contribution in [0.25, 0.3) is 111 Å². The van der Waals surface area contributed by atoms with E-state index in [1.165, 1.54) is 0 Å². The number of aromatic nitrogens is 2. The van der Waals surface area contributed by atoms with Crippen LogP contribution in [0.15, 0.2) is 231 Å². The third kappa shape index (κ3) is 6.45. The van der Waals surface area contributed by atoms with E-state index in [4.69, 9.17) is 0 Å². The maximum Gasteiger partial charge on any atom is 0.101 e. The number of nitrogens with zero attached hydrogens (tertiary/aromatic N) is 4. The van der Waals surface area contributed by atoms with Crippen LogP contribution in [-0.2, 0) is 0 Å². The monoisotopic (exact) mass is 838 g/mol. The molecule has 0 saturated heterocycles. The van der Waals surface area contributed by atoms with Crippen molar-refractivity contribution in [3.8, 4) is 79.1 Å². The van der Waals surface area contributed by atoms with Crippen molar-refractivity contribution in [2.45, 2.75) is 0 Å². The van der Waals surface area contributed by atoms with Gasteiger partial charge in [0.15, 0.2) is 0 Å². The zero-order valence-electron chi connectivity index (χ0n) is 35.7. The molecule has 0 spiro atoms. The number of rotatable bonds is 7. The van der Waals surface area contributed by atoms with Crippen LogP contribution < -0.4 is 0 Å². The molecule has 0 bridgehead atoms. The number of benzene rings is 10. The van der Waals surface area contributed by atoms with E-state index in [1.807, 2.05) is 42.5 Å². The first-order chi connectivity index (χ1) is 32.6. The first-order valence-corrected chi connectivity index (χ1v) is 22.1. The molecular formula is C62H38N4. The second kappa shape index (κ2) is 15.8. The van der Waals surface area contributed by atoms with Crippen molar-refractivity contribution < 1.29 is 0 Å². The molecule has 0 radical (unpaired) electrons. The lowest BCUT2D eigenvalue weighted by atomic mass is 9.97. The Morgan fingerprint density at radius 1 is 0.273 bits per heavy atom. The van der Waals surface area contributed by atoms with Gasteiger partial charge in [-0.1, -0.05) is 182 Å². The van der Waals surface area contributed by atoms with Gasteiger partial charge in [-0.3, -0.25) is 0 Å². The third-order valence-electron chi connectivity index (χ3n) is 13.0. The van der Waals surface area contributed by atoms with Gasteiger partial charge in [0.25, 0.3) is 0 Å². The first kappa shape index (κ1) is 38.5. The van der Waals surface area contributed by atoms with Crippen LogP contribution in [0.5, 0.6) is 0 Å². The smallest absolute Gasteiger partial charge is 0.101 e. The lowest BCUT2D eigenvalue weighted by Gasteiger charge is -2.19. The molecule has 0 N–H and O–H groups in total. The predicted molar refractivity (Wildman–Crippen MR) is 272 cm³/mol. The first-order valence-electron chi connectivity index (χ1n) is 22.1. The lowest BCUT2D eigenvalue weighted by Crippen LogP contribution is -2.04. The fraction of sp³-hybridized carbons (Fsp3) is 0. The van der Waals surface area contributed by atoms with Gasteiger partial charge in [0, 0.05) is 27.1 Å². The second-order valence-corrected chi connectivity index (χ2v) is 16.8. The van der Waals surface area contributed by atoms with E-state index in [0.717, 1.165) is 111 Å². The Morgan fingerprint density at radius 2 is 0.636 bits per heavy atom. The van der Waals surface area contributed by atoms with E-state index in [-0.39, 0.29) is 0 Å². The lowest BCUT2D eigenvalue weighted by molar-refractivity contribution is 1.14. The van der Waals surface area contributed by atoms with E-state index in [0.29, 0.717) is 11.1 Å². The van der Waals surface area contributed by atoms with Crippen LogP contribution in [-0.4, -0.2) is 9.13 Å². The summed E-state index contributed by atoms with van der Waals surface area (Å²) in [7, 11) is 0. The Hall–Kier alpha value is -9.22. The number of nitriles is 2. The standard InChI is InChI=1S/C62H38N4/c63-39-41-14-13-23-50(32-41)56-38-57(65-58-33-46(42-15-5-1-6-16-42)24-28-52(58)53-29-25-47(34-59(53)65)43-17-7-2-8-18-43)51(40-64)37-62(56)66-60-35-48(44-19-9-3-10-20-44)26-30-54(60)55-31-27-49(36-61(55)66)45-21-11-4-12-22-45/h1-38H. The molecule has 0 amide bonds. The minimum atomic E-state index is 0.521. The highest BCUT2D eigenvalue weighted by atomic mass is 15.0. The van der Waals surface area contributed by atoms with Crippen molar-refractivity contribution in [2.24, 2.45) is 0 Å². The summed E-state index contributed by atoms with van der Waals surface area (Å²) in [5.74, 6) is 0. The van der Waals surface area contributed by atoms with E-state index in [9.17, 15) is 10.5 Å². The zero-order chi connectivity index (χ0) is 44.1. The Balaban J connectivity index is 1.21. The normalized spacial score (nSPS) is 11.3. The average Bonchev–Trinajstić information content (AvgIpc) is 3.90. The van der Waals surface area contributed by atoms with Crippen molar-refractivity contribution >= 4 is 43.6 Å². The van der Waals surface area contributed by atoms with Crippen molar-refractivity contribution in [1.82, 2.24) is 9.13 Å². The van der Waals surface area contributed by atoms with Gasteiger partial charge >= 0.3 is 0 Å². The fourth-order valence-electron chi connectivity index (χ4n) is 9.82. The molecule has 0 aliphatic carbocycles. The molecule has 66 heavy (non-hydrogen) atoms. The molecule has 12 aromatic rings. The minimum Gasteiger partial charge on any atom is -0.309 e. The van der Waals surface area contributed by atoms with Gasteiger partial charge in [0.05, 0.1) is 50.6 Å². The summed E-state index contributed by atoms with van der Waals surface area (Å²) in [6.45, 7) is 0. The van der Waals surface area contributed by atoms with Gasteiger partial charge in [0.2, 0.25) is 0 Å². The minimum absolute atomic E-state index is 0.521. The third-order valence-corrected chi connectivity index (χ3v) is 13.0. The molecule has 0 saturated carbocycles. The number of hydrogen-bond donors (Lipinski definition) is 0. The van der Waals surface area contributed by atoms with Gasteiger partial charge in [-0.25, -0.2) is 0 Å². The summed E-state index contributed by atoms with van der Waals surface area (Å²) in [5, 5.41) is 26.2. The Labute approximate surface area is 382 Å². The Kier molecular flexibility index (Phi) is 9.23. The van der Waals surface area contributed by atoms with Crippen molar-refractivity contribution in [2.75, 3.05) is 0 Å². The second-order valence-electron chi connectivity index (χ2n) is 16.8. The van der Waals surface area contributed by atoms with E-state index >= 15 is 0 Å². The molecule has 0 fully saturated rings. The largest absolute Gasteiger partial charge is 0.309 e. The topological polar surface area (TPSA) is 57.4 Å². The van der Waals surface area contributed by atoms with Crippen LogP contribution in [0.1, 0.15) is 11.1 Å². The highest BCUT2D eigenvalue weighted by Gasteiger charge is 2.23. The van der Waals surface area contributed by atoms with Crippen molar-refractivity contribution in [3.05, 3.63) is 242 Å². The molecule has 4 nitrogen and oxygen atoms in total. The van der Waals surface area contributed by atoms with Gasteiger partial charge in [-0.2, -0.15) is 10.5 Å². The molecule has 0 aliphatic rings. The molecule has 306 valence electrons. The quantitative estimate of drug-likeness (QED) is 0.161. The molecule has 2 heterocycles. The van der Waals surface area contributed by atoms with E-state index in [2.05, 4.69) is 209 Å². The fourth-order valence-corrected chi connectivity index (χ4v) is 9.82. The SMILES string of the molecule is N#Cc1cccc(-c2cc(-n3c4cc(-c5ccccc5)ccc4c4ccc(-c5ccccc5)cc43)c(C#N)cc2-n2c3cc(-c4ccccc4)ccc3c3ccc(-c4ccccc4)cc32)c1. The molecule has 0 unspecified atom stereocenters. The van der Waals surface area contributed by atoms with Crippen LogP contribution in [0.2, 0.25) is 0 Å². The average molecular weight is 839 g/mol. The maximum absolute atomic E-state index is 11.5. The summed E-state index contributed by atoms with van der Waals surface area (Å²) in [6.07, 6.45) is 0. The van der Waals surface area contributed by atoms with Crippen LogP contribution in [0, 0.1) is 22.7 Å². The molecule has 10 aromatic carbocycles.